The summed E-state index contributed by atoms with van der Waals surface area (Å²) < 4.78 is 7.18. The average Bonchev–Trinajstić information content (AvgIpc) is 2.83. The van der Waals surface area contributed by atoms with Crippen LogP contribution in [-0.4, -0.2) is 23.2 Å². The Kier molecular flexibility index (Phi) is 3.46. The van der Waals surface area contributed by atoms with E-state index in [2.05, 4.69) is 5.10 Å². The molecule has 0 spiro atoms. The molecule has 1 aromatic heterocycles. The topological polar surface area (TPSA) is 44.1 Å². The number of carbonyl (C=O) groups excluding carboxylic acids is 1. The standard InChI is InChI=1S/C14H16N2O2/c1-10(2)16-13(8-11(9-17)15-16)12-6-4-5-7-14(12)18-3/h4-10H,1-3H3. The van der Waals surface area contributed by atoms with E-state index >= 15 is 0 Å². The molecular formula is C14H16N2O2. The normalized spacial score (nSPS) is 10.7. The number of rotatable bonds is 4. The lowest BCUT2D eigenvalue weighted by atomic mass is 10.1. The van der Waals surface area contributed by atoms with E-state index < -0.39 is 0 Å². The van der Waals surface area contributed by atoms with Crippen molar-refractivity contribution >= 4 is 6.29 Å². The van der Waals surface area contributed by atoms with E-state index in [1.165, 1.54) is 0 Å². The van der Waals surface area contributed by atoms with Crippen molar-refractivity contribution in [1.82, 2.24) is 9.78 Å². The van der Waals surface area contributed by atoms with E-state index in [1.807, 2.05) is 42.8 Å². The Morgan fingerprint density at radius 3 is 2.67 bits per heavy atom. The fourth-order valence-electron chi connectivity index (χ4n) is 1.92. The molecule has 0 radical (unpaired) electrons. The zero-order chi connectivity index (χ0) is 13.1. The van der Waals surface area contributed by atoms with Crippen LogP contribution in [0.3, 0.4) is 0 Å². The van der Waals surface area contributed by atoms with Crippen LogP contribution in [0.25, 0.3) is 11.3 Å². The maximum absolute atomic E-state index is 10.9. The molecule has 1 heterocycles. The molecule has 0 aliphatic heterocycles. The fraction of sp³-hybridized carbons (Fsp3) is 0.286. The smallest absolute Gasteiger partial charge is 0.170 e. The zero-order valence-corrected chi connectivity index (χ0v) is 10.8. The van der Waals surface area contributed by atoms with Crippen LogP contribution in [0.15, 0.2) is 30.3 Å². The van der Waals surface area contributed by atoms with Crippen molar-refractivity contribution in [3.05, 3.63) is 36.0 Å². The van der Waals surface area contributed by atoms with Crippen LogP contribution in [0.1, 0.15) is 30.4 Å². The summed E-state index contributed by atoms with van der Waals surface area (Å²) in [5, 5.41) is 4.27. The Morgan fingerprint density at radius 1 is 1.33 bits per heavy atom. The molecule has 94 valence electrons. The van der Waals surface area contributed by atoms with E-state index in [1.54, 1.807) is 13.2 Å². The van der Waals surface area contributed by atoms with Gasteiger partial charge in [-0.25, -0.2) is 0 Å². The lowest BCUT2D eigenvalue weighted by Crippen LogP contribution is -2.05. The number of para-hydroxylation sites is 1. The third-order valence-electron chi connectivity index (χ3n) is 2.75. The lowest BCUT2D eigenvalue weighted by molar-refractivity contribution is 0.111. The quantitative estimate of drug-likeness (QED) is 0.777. The second-order valence-corrected chi connectivity index (χ2v) is 4.31. The van der Waals surface area contributed by atoms with Gasteiger partial charge in [-0.2, -0.15) is 5.10 Å². The molecule has 0 amide bonds. The summed E-state index contributed by atoms with van der Waals surface area (Å²) >= 11 is 0. The van der Waals surface area contributed by atoms with Crippen LogP contribution in [0.4, 0.5) is 0 Å². The third-order valence-corrected chi connectivity index (χ3v) is 2.75. The maximum Gasteiger partial charge on any atom is 0.170 e. The largest absolute Gasteiger partial charge is 0.496 e. The van der Waals surface area contributed by atoms with E-state index in [0.717, 1.165) is 23.3 Å². The number of benzene rings is 1. The Bertz CT molecular complexity index is 559. The first kappa shape index (κ1) is 12.4. The molecule has 0 saturated carbocycles. The maximum atomic E-state index is 10.9. The van der Waals surface area contributed by atoms with Crippen molar-refractivity contribution in [3.63, 3.8) is 0 Å². The first-order valence-electron chi connectivity index (χ1n) is 5.85. The second kappa shape index (κ2) is 5.04. The number of aromatic nitrogens is 2. The van der Waals surface area contributed by atoms with Gasteiger partial charge in [-0.1, -0.05) is 12.1 Å². The summed E-state index contributed by atoms with van der Waals surface area (Å²) in [6.07, 6.45) is 0.762. The van der Waals surface area contributed by atoms with E-state index in [4.69, 9.17) is 4.74 Å². The average molecular weight is 244 g/mol. The third kappa shape index (κ3) is 2.14. The van der Waals surface area contributed by atoms with Crippen molar-refractivity contribution in [2.45, 2.75) is 19.9 Å². The van der Waals surface area contributed by atoms with Gasteiger partial charge in [0.1, 0.15) is 11.4 Å². The second-order valence-electron chi connectivity index (χ2n) is 4.31. The van der Waals surface area contributed by atoms with Gasteiger partial charge in [0.2, 0.25) is 0 Å². The summed E-state index contributed by atoms with van der Waals surface area (Å²) in [5.41, 5.74) is 2.27. The number of ether oxygens (including phenoxy) is 1. The monoisotopic (exact) mass is 244 g/mol. The van der Waals surface area contributed by atoms with Crippen molar-refractivity contribution in [2.24, 2.45) is 0 Å². The van der Waals surface area contributed by atoms with Gasteiger partial charge in [0.25, 0.3) is 0 Å². The molecule has 0 bridgehead atoms. The van der Waals surface area contributed by atoms with Gasteiger partial charge in [-0.05, 0) is 32.0 Å². The molecule has 0 unspecified atom stereocenters. The van der Waals surface area contributed by atoms with Crippen LogP contribution in [-0.2, 0) is 0 Å². The molecule has 1 aromatic carbocycles. The van der Waals surface area contributed by atoms with Gasteiger partial charge in [0.05, 0.1) is 12.8 Å². The minimum atomic E-state index is 0.179. The van der Waals surface area contributed by atoms with Crippen LogP contribution >= 0.6 is 0 Å². The summed E-state index contributed by atoms with van der Waals surface area (Å²) in [6, 6.07) is 9.68. The van der Waals surface area contributed by atoms with Crippen LogP contribution in [0.5, 0.6) is 5.75 Å². The SMILES string of the molecule is COc1ccccc1-c1cc(C=O)nn1C(C)C. The Morgan fingerprint density at radius 2 is 2.06 bits per heavy atom. The molecular weight excluding hydrogens is 228 g/mol. The van der Waals surface area contributed by atoms with Gasteiger partial charge in [0.15, 0.2) is 6.29 Å². The number of aldehydes is 1. The summed E-state index contributed by atoms with van der Waals surface area (Å²) in [7, 11) is 1.63. The minimum absolute atomic E-state index is 0.179. The Balaban J connectivity index is 2.62. The summed E-state index contributed by atoms with van der Waals surface area (Å²) in [6.45, 7) is 4.06. The van der Waals surface area contributed by atoms with Gasteiger partial charge in [-0.15, -0.1) is 0 Å². The minimum Gasteiger partial charge on any atom is -0.496 e. The molecule has 0 N–H and O–H groups in total. The van der Waals surface area contributed by atoms with Crippen molar-refractivity contribution < 1.29 is 9.53 Å². The molecule has 0 fully saturated rings. The van der Waals surface area contributed by atoms with Gasteiger partial charge in [-0.3, -0.25) is 9.48 Å². The molecule has 0 saturated heterocycles. The van der Waals surface area contributed by atoms with Crippen molar-refractivity contribution in [3.8, 4) is 17.0 Å². The van der Waals surface area contributed by atoms with Crippen LogP contribution < -0.4 is 4.74 Å². The number of nitrogens with zero attached hydrogens (tertiary/aromatic N) is 2. The van der Waals surface area contributed by atoms with E-state index in [9.17, 15) is 4.79 Å². The highest BCUT2D eigenvalue weighted by molar-refractivity contribution is 5.77. The van der Waals surface area contributed by atoms with Gasteiger partial charge < -0.3 is 4.74 Å². The summed E-state index contributed by atoms with van der Waals surface area (Å²) in [4.78, 5) is 10.9. The molecule has 2 aromatic rings. The van der Waals surface area contributed by atoms with Crippen LogP contribution in [0.2, 0.25) is 0 Å². The molecule has 0 atom stereocenters. The Hall–Kier alpha value is -2.10. The van der Waals surface area contributed by atoms with Gasteiger partial charge >= 0.3 is 0 Å². The molecule has 2 rings (SSSR count). The summed E-state index contributed by atoms with van der Waals surface area (Å²) in [5.74, 6) is 0.775. The number of methoxy groups -OCH3 is 1. The van der Waals surface area contributed by atoms with Crippen molar-refractivity contribution in [1.29, 1.82) is 0 Å². The predicted molar refractivity (Wildman–Crippen MR) is 70.0 cm³/mol. The van der Waals surface area contributed by atoms with E-state index in [0.29, 0.717) is 5.69 Å². The lowest BCUT2D eigenvalue weighted by Gasteiger charge is -2.13. The first-order chi connectivity index (χ1) is 8.67. The molecule has 4 heteroatoms. The predicted octanol–water partition coefficient (Wildman–Crippen LogP) is 2.95. The molecule has 0 aliphatic rings. The Labute approximate surface area is 106 Å². The molecule has 18 heavy (non-hydrogen) atoms. The molecule has 0 aliphatic carbocycles. The molecule has 4 nitrogen and oxygen atoms in total. The van der Waals surface area contributed by atoms with Crippen molar-refractivity contribution in [2.75, 3.05) is 7.11 Å². The number of hydrogen-bond acceptors (Lipinski definition) is 3. The van der Waals surface area contributed by atoms with Crippen LogP contribution in [0, 0.1) is 0 Å². The fourth-order valence-corrected chi connectivity index (χ4v) is 1.92. The number of hydrogen-bond donors (Lipinski definition) is 0. The number of carbonyl (C=O) groups is 1. The first-order valence-corrected chi connectivity index (χ1v) is 5.85. The zero-order valence-electron chi connectivity index (χ0n) is 10.8. The van der Waals surface area contributed by atoms with E-state index in [-0.39, 0.29) is 6.04 Å². The highest BCUT2D eigenvalue weighted by atomic mass is 16.5. The highest BCUT2D eigenvalue weighted by Gasteiger charge is 2.15. The van der Waals surface area contributed by atoms with Gasteiger partial charge in [0, 0.05) is 11.6 Å². The highest BCUT2D eigenvalue weighted by Crippen LogP contribution is 2.31.